The molecule has 0 radical (unpaired) electrons. The molecule has 10 heteroatoms. The largest absolute Gasteiger partial charge is 0.365 e. The van der Waals surface area contributed by atoms with E-state index >= 15 is 0 Å². The smallest absolute Gasteiger partial charge is 0.252 e. The second kappa shape index (κ2) is 8.84. The van der Waals surface area contributed by atoms with Crippen LogP contribution in [0.4, 0.5) is 27.4 Å². The van der Waals surface area contributed by atoms with Crippen LogP contribution in [0.15, 0.2) is 24.5 Å². The zero-order valence-electron chi connectivity index (χ0n) is 17.1. The van der Waals surface area contributed by atoms with Crippen LogP contribution >= 0.6 is 0 Å². The van der Waals surface area contributed by atoms with Crippen molar-refractivity contribution in [2.45, 2.75) is 50.6 Å². The van der Waals surface area contributed by atoms with E-state index in [2.05, 4.69) is 20.6 Å². The minimum Gasteiger partial charge on any atom is -0.365 e. The minimum atomic E-state index is -0.811. The maximum atomic E-state index is 14.7. The van der Waals surface area contributed by atoms with Crippen molar-refractivity contribution < 1.29 is 14.0 Å². The molecule has 0 unspecified atom stereocenters. The Morgan fingerprint density at radius 2 is 1.97 bits per heavy atom. The molecule has 1 saturated heterocycles. The van der Waals surface area contributed by atoms with Gasteiger partial charge < -0.3 is 27.0 Å². The molecule has 0 aromatic carbocycles. The van der Waals surface area contributed by atoms with E-state index in [-0.39, 0.29) is 35.2 Å². The van der Waals surface area contributed by atoms with Crippen LogP contribution in [-0.4, -0.2) is 40.4 Å². The molecule has 31 heavy (non-hydrogen) atoms. The van der Waals surface area contributed by atoms with Crippen LogP contribution in [0.2, 0.25) is 0 Å². The number of nitrogens with two attached hydrogens (primary N) is 2. The first kappa shape index (κ1) is 21.0. The zero-order valence-corrected chi connectivity index (χ0v) is 17.1. The van der Waals surface area contributed by atoms with E-state index in [1.165, 1.54) is 6.20 Å². The predicted octanol–water partition coefficient (Wildman–Crippen LogP) is 2.27. The van der Waals surface area contributed by atoms with Crippen molar-refractivity contribution in [1.82, 2.24) is 9.97 Å². The summed E-state index contributed by atoms with van der Waals surface area (Å²) in [5.41, 5.74) is 12.7. The number of nitrogens with zero attached hydrogens (tertiary/aromatic N) is 3. The fraction of sp³-hybridized carbons (Fsp3) is 0.429. The van der Waals surface area contributed by atoms with Crippen molar-refractivity contribution >= 4 is 34.8 Å². The Labute approximate surface area is 179 Å². The molecule has 1 aliphatic heterocycles. The summed E-state index contributed by atoms with van der Waals surface area (Å²) in [4.78, 5) is 34.1. The van der Waals surface area contributed by atoms with Gasteiger partial charge in [0.25, 0.3) is 5.91 Å². The molecule has 0 spiro atoms. The number of nitrogens with one attached hydrogen (secondary N) is 2. The predicted molar refractivity (Wildman–Crippen MR) is 116 cm³/mol. The van der Waals surface area contributed by atoms with Gasteiger partial charge in [0.05, 0.1) is 29.3 Å². The number of halogens is 1. The quantitative estimate of drug-likeness (QED) is 0.554. The lowest BCUT2D eigenvalue weighted by atomic mass is 9.91. The van der Waals surface area contributed by atoms with Gasteiger partial charge in [0.15, 0.2) is 11.6 Å². The van der Waals surface area contributed by atoms with Gasteiger partial charge in [-0.25, -0.2) is 9.37 Å². The Balaban J connectivity index is 1.62. The monoisotopic (exact) mass is 427 g/mol. The van der Waals surface area contributed by atoms with Gasteiger partial charge in [-0.1, -0.05) is 12.8 Å². The summed E-state index contributed by atoms with van der Waals surface area (Å²) in [5.74, 6) is -1.34. The third kappa shape index (κ3) is 4.58. The molecular weight excluding hydrogens is 401 g/mol. The van der Waals surface area contributed by atoms with Crippen molar-refractivity contribution in [3.05, 3.63) is 35.9 Å². The fourth-order valence-electron chi connectivity index (χ4n) is 4.09. The average molecular weight is 427 g/mol. The van der Waals surface area contributed by atoms with E-state index in [0.717, 1.165) is 38.2 Å². The van der Waals surface area contributed by atoms with Crippen molar-refractivity contribution in [2.75, 3.05) is 22.1 Å². The number of aromatic nitrogens is 2. The molecule has 0 bridgehead atoms. The maximum absolute atomic E-state index is 14.7. The Kier molecular flexibility index (Phi) is 5.99. The van der Waals surface area contributed by atoms with Crippen LogP contribution in [-0.2, 0) is 4.79 Å². The molecule has 2 fully saturated rings. The number of carbonyl (C=O) groups is 2. The molecule has 164 valence electrons. The fourth-order valence-corrected chi connectivity index (χ4v) is 4.09. The lowest BCUT2D eigenvalue weighted by Gasteiger charge is -2.30. The summed E-state index contributed by atoms with van der Waals surface area (Å²) in [6, 6.07) is 2.60. The second-order valence-electron chi connectivity index (χ2n) is 7.98. The molecular formula is C21H26FN7O2. The molecule has 1 saturated carbocycles. The van der Waals surface area contributed by atoms with E-state index < -0.39 is 11.7 Å². The molecule has 1 aliphatic carbocycles. The van der Waals surface area contributed by atoms with Gasteiger partial charge in [0.1, 0.15) is 5.82 Å². The Bertz CT molecular complexity index is 1000. The van der Waals surface area contributed by atoms with Crippen LogP contribution in [0, 0.1) is 5.82 Å². The van der Waals surface area contributed by atoms with Crippen LogP contribution in [0.25, 0.3) is 0 Å². The zero-order chi connectivity index (χ0) is 22.0. The molecule has 2 aromatic rings. The molecule has 6 N–H and O–H groups in total. The summed E-state index contributed by atoms with van der Waals surface area (Å²) in [6.07, 6.45) is 8.15. The number of primary amides is 1. The van der Waals surface area contributed by atoms with Crippen molar-refractivity contribution in [2.24, 2.45) is 11.5 Å². The Morgan fingerprint density at radius 3 is 2.68 bits per heavy atom. The van der Waals surface area contributed by atoms with Gasteiger partial charge in [0, 0.05) is 25.0 Å². The number of rotatable bonds is 6. The number of carbonyl (C=O) groups excluding carboxylic acids is 2. The maximum Gasteiger partial charge on any atom is 0.252 e. The summed E-state index contributed by atoms with van der Waals surface area (Å²) in [7, 11) is 0. The minimum absolute atomic E-state index is 0.00804. The van der Waals surface area contributed by atoms with Crippen LogP contribution in [0.3, 0.4) is 0 Å². The first-order chi connectivity index (χ1) is 14.9. The van der Waals surface area contributed by atoms with Gasteiger partial charge >= 0.3 is 0 Å². The van der Waals surface area contributed by atoms with Gasteiger partial charge in [-0.05, 0) is 31.4 Å². The van der Waals surface area contributed by atoms with Gasteiger partial charge in [-0.2, -0.15) is 0 Å². The van der Waals surface area contributed by atoms with E-state index in [1.807, 2.05) is 0 Å². The molecule has 2 aromatic heterocycles. The number of hydrogen-bond acceptors (Lipinski definition) is 7. The van der Waals surface area contributed by atoms with Gasteiger partial charge in [-0.15, -0.1) is 0 Å². The van der Waals surface area contributed by atoms with Crippen LogP contribution in [0.1, 0.15) is 48.9 Å². The molecule has 2 aliphatic rings. The average Bonchev–Trinajstić information content (AvgIpc) is 3.18. The summed E-state index contributed by atoms with van der Waals surface area (Å²) in [5, 5.41) is 6.08. The lowest BCUT2D eigenvalue weighted by molar-refractivity contribution is -0.117. The van der Waals surface area contributed by atoms with Gasteiger partial charge in [-0.3, -0.25) is 14.6 Å². The van der Waals surface area contributed by atoms with Crippen molar-refractivity contribution in [3.63, 3.8) is 0 Å². The number of pyridine rings is 2. The third-order valence-corrected chi connectivity index (χ3v) is 5.75. The molecule has 4 rings (SSSR count). The third-order valence-electron chi connectivity index (χ3n) is 5.75. The van der Waals surface area contributed by atoms with Crippen molar-refractivity contribution in [3.8, 4) is 0 Å². The molecule has 2 amide bonds. The number of hydrogen-bond donors (Lipinski definition) is 4. The first-order valence-electron chi connectivity index (χ1n) is 10.5. The standard InChI is InChI=1S/C21H26FN7O2/c22-15-9-14(19(24)31)20(28-21(15)27-17-5-2-1-4-16(17)23)26-12-8-13(11-25-10-12)29-7-3-6-18(29)30/h8-11,16-17H,1-7,23H2,(H2,24,31)(H2,26,27,28)/t16-,17+/m0/s1. The van der Waals surface area contributed by atoms with E-state index in [9.17, 15) is 14.0 Å². The lowest BCUT2D eigenvalue weighted by Crippen LogP contribution is -2.43. The number of anilines is 4. The SMILES string of the molecule is NC(=O)c1cc(F)c(N[C@@H]2CCCC[C@@H]2N)nc1Nc1cncc(N2CCCC2=O)c1. The highest BCUT2D eigenvalue weighted by atomic mass is 19.1. The van der Waals surface area contributed by atoms with E-state index in [1.54, 1.807) is 17.2 Å². The highest BCUT2D eigenvalue weighted by Crippen LogP contribution is 2.28. The highest BCUT2D eigenvalue weighted by molar-refractivity contribution is 5.99. The summed E-state index contributed by atoms with van der Waals surface area (Å²) >= 11 is 0. The summed E-state index contributed by atoms with van der Waals surface area (Å²) < 4.78 is 14.7. The topological polar surface area (TPSA) is 139 Å². The van der Waals surface area contributed by atoms with E-state index in [4.69, 9.17) is 11.5 Å². The molecule has 3 heterocycles. The van der Waals surface area contributed by atoms with Crippen molar-refractivity contribution in [1.29, 1.82) is 0 Å². The molecule has 9 nitrogen and oxygen atoms in total. The molecule has 2 atom stereocenters. The van der Waals surface area contributed by atoms with E-state index in [0.29, 0.717) is 24.3 Å². The number of amides is 2. The summed E-state index contributed by atoms with van der Waals surface area (Å²) in [6.45, 7) is 0.626. The Morgan fingerprint density at radius 1 is 1.16 bits per heavy atom. The van der Waals surface area contributed by atoms with Crippen LogP contribution in [0.5, 0.6) is 0 Å². The Hall–Kier alpha value is -3.27. The van der Waals surface area contributed by atoms with Gasteiger partial charge in [0.2, 0.25) is 5.91 Å². The second-order valence-corrected chi connectivity index (χ2v) is 7.98. The highest BCUT2D eigenvalue weighted by Gasteiger charge is 2.25. The normalized spacial score (nSPS) is 21.2. The van der Waals surface area contributed by atoms with Crippen LogP contribution < -0.4 is 27.0 Å². The first-order valence-corrected chi connectivity index (χ1v) is 10.5.